The van der Waals surface area contributed by atoms with Crippen molar-refractivity contribution < 1.29 is 9.59 Å². The zero-order valence-electron chi connectivity index (χ0n) is 8.74. The van der Waals surface area contributed by atoms with Crippen molar-refractivity contribution in [2.75, 3.05) is 19.6 Å². The van der Waals surface area contributed by atoms with Gasteiger partial charge in [-0.05, 0) is 19.3 Å². The van der Waals surface area contributed by atoms with E-state index in [1.54, 1.807) is 4.90 Å². The molecule has 6 nitrogen and oxygen atoms in total. The quantitative estimate of drug-likeness (QED) is 0.561. The van der Waals surface area contributed by atoms with Gasteiger partial charge in [-0.15, -0.1) is 0 Å². The standard InChI is InChI=1S/C9H18N4O2/c10-8(14)6-12-7-2-1-4-13(5-3-7)9(11)15/h7,12H,1-6H2,(H2,10,14)(H2,11,15). The first-order valence-electron chi connectivity index (χ1n) is 5.15. The molecule has 1 rings (SSSR count). The Bertz CT molecular complexity index is 244. The van der Waals surface area contributed by atoms with Crippen LogP contribution in [0.25, 0.3) is 0 Å². The Morgan fingerprint density at radius 3 is 2.60 bits per heavy atom. The lowest BCUT2D eigenvalue weighted by molar-refractivity contribution is -0.117. The molecule has 0 aromatic carbocycles. The van der Waals surface area contributed by atoms with Crippen molar-refractivity contribution >= 4 is 11.9 Å². The number of carbonyl (C=O) groups is 2. The van der Waals surface area contributed by atoms with Crippen LogP contribution in [0.2, 0.25) is 0 Å². The Labute approximate surface area is 89.0 Å². The molecule has 86 valence electrons. The summed E-state index contributed by atoms with van der Waals surface area (Å²) < 4.78 is 0. The highest BCUT2D eigenvalue weighted by Gasteiger charge is 2.18. The number of hydrogen-bond acceptors (Lipinski definition) is 3. The van der Waals surface area contributed by atoms with Crippen LogP contribution in [0.3, 0.4) is 0 Å². The van der Waals surface area contributed by atoms with Crippen molar-refractivity contribution in [3.05, 3.63) is 0 Å². The molecular weight excluding hydrogens is 196 g/mol. The lowest BCUT2D eigenvalue weighted by Gasteiger charge is -2.17. The second-order valence-corrected chi connectivity index (χ2v) is 3.80. The van der Waals surface area contributed by atoms with Crippen LogP contribution in [-0.4, -0.2) is 42.5 Å². The Hall–Kier alpha value is -1.30. The van der Waals surface area contributed by atoms with Crippen molar-refractivity contribution in [3.8, 4) is 0 Å². The van der Waals surface area contributed by atoms with Crippen LogP contribution in [0, 0.1) is 0 Å². The summed E-state index contributed by atoms with van der Waals surface area (Å²) in [5.74, 6) is -0.356. The number of primary amides is 2. The third-order valence-electron chi connectivity index (χ3n) is 2.60. The zero-order valence-corrected chi connectivity index (χ0v) is 8.74. The van der Waals surface area contributed by atoms with Crippen molar-refractivity contribution in [1.29, 1.82) is 0 Å². The van der Waals surface area contributed by atoms with Crippen LogP contribution in [0.5, 0.6) is 0 Å². The highest BCUT2D eigenvalue weighted by molar-refractivity contribution is 5.75. The molecule has 0 aliphatic carbocycles. The van der Waals surface area contributed by atoms with Gasteiger partial charge in [0.25, 0.3) is 0 Å². The predicted octanol–water partition coefficient (Wildman–Crippen LogP) is -1.01. The average molecular weight is 214 g/mol. The molecule has 6 heteroatoms. The van der Waals surface area contributed by atoms with Gasteiger partial charge in [0.05, 0.1) is 6.54 Å². The van der Waals surface area contributed by atoms with Crippen molar-refractivity contribution in [3.63, 3.8) is 0 Å². The molecule has 15 heavy (non-hydrogen) atoms. The van der Waals surface area contributed by atoms with Gasteiger partial charge >= 0.3 is 6.03 Å². The number of hydrogen-bond donors (Lipinski definition) is 3. The summed E-state index contributed by atoms with van der Waals surface area (Å²) in [5, 5.41) is 3.07. The third-order valence-corrected chi connectivity index (χ3v) is 2.60. The second kappa shape index (κ2) is 5.55. The van der Waals surface area contributed by atoms with E-state index in [-0.39, 0.29) is 24.5 Å². The summed E-state index contributed by atoms with van der Waals surface area (Å²) in [4.78, 5) is 23.1. The summed E-state index contributed by atoms with van der Waals surface area (Å²) >= 11 is 0. The first-order chi connectivity index (χ1) is 7.09. The highest BCUT2D eigenvalue weighted by atomic mass is 16.2. The summed E-state index contributed by atoms with van der Waals surface area (Å²) in [6, 6.07) is -0.118. The number of carbonyl (C=O) groups excluding carboxylic acids is 2. The summed E-state index contributed by atoms with van der Waals surface area (Å²) in [7, 11) is 0. The molecule has 1 aliphatic heterocycles. The molecule has 0 aromatic heterocycles. The fraction of sp³-hybridized carbons (Fsp3) is 0.778. The molecule has 1 fully saturated rings. The molecule has 0 saturated carbocycles. The fourth-order valence-electron chi connectivity index (χ4n) is 1.77. The molecule has 1 heterocycles. The lowest BCUT2D eigenvalue weighted by atomic mass is 10.1. The second-order valence-electron chi connectivity index (χ2n) is 3.80. The van der Waals surface area contributed by atoms with Crippen LogP contribution in [-0.2, 0) is 4.79 Å². The summed E-state index contributed by atoms with van der Waals surface area (Å²) in [5.41, 5.74) is 10.2. The molecule has 0 radical (unpaired) electrons. The Morgan fingerprint density at radius 1 is 1.27 bits per heavy atom. The Kier molecular flexibility index (Phi) is 4.36. The van der Waals surface area contributed by atoms with E-state index in [0.29, 0.717) is 13.1 Å². The Balaban J connectivity index is 2.32. The number of nitrogens with one attached hydrogen (secondary N) is 1. The largest absolute Gasteiger partial charge is 0.369 e. The van der Waals surface area contributed by atoms with E-state index in [2.05, 4.69) is 5.32 Å². The van der Waals surface area contributed by atoms with Gasteiger partial charge < -0.3 is 21.7 Å². The van der Waals surface area contributed by atoms with E-state index in [9.17, 15) is 9.59 Å². The first-order valence-corrected chi connectivity index (χ1v) is 5.15. The minimum absolute atomic E-state index is 0.196. The third kappa shape index (κ3) is 4.16. The minimum Gasteiger partial charge on any atom is -0.369 e. The van der Waals surface area contributed by atoms with Gasteiger partial charge in [-0.1, -0.05) is 0 Å². The van der Waals surface area contributed by atoms with E-state index in [0.717, 1.165) is 19.3 Å². The summed E-state index contributed by atoms with van der Waals surface area (Å²) in [6.07, 6.45) is 2.66. The number of amides is 3. The molecule has 0 aromatic rings. The maximum absolute atomic E-state index is 10.9. The van der Waals surface area contributed by atoms with E-state index in [1.807, 2.05) is 0 Å². The van der Waals surface area contributed by atoms with Gasteiger partial charge in [0.15, 0.2) is 0 Å². The van der Waals surface area contributed by atoms with Gasteiger partial charge in [-0.2, -0.15) is 0 Å². The molecule has 1 saturated heterocycles. The molecule has 1 aliphatic rings. The number of rotatable bonds is 3. The van der Waals surface area contributed by atoms with Crippen LogP contribution >= 0.6 is 0 Å². The molecule has 1 unspecified atom stereocenters. The topological polar surface area (TPSA) is 101 Å². The molecule has 0 spiro atoms. The van der Waals surface area contributed by atoms with Gasteiger partial charge in [-0.3, -0.25) is 4.79 Å². The molecular formula is C9H18N4O2. The van der Waals surface area contributed by atoms with Crippen molar-refractivity contribution in [2.45, 2.75) is 25.3 Å². The monoisotopic (exact) mass is 214 g/mol. The van der Waals surface area contributed by atoms with Crippen LogP contribution in [0.15, 0.2) is 0 Å². The fourth-order valence-corrected chi connectivity index (χ4v) is 1.77. The number of likely N-dealkylation sites (tertiary alicyclic amines) is 1. The number of urea groups is 1. The molecule has 1 atom stereocenters. The smallest absolute Gasteiger partial charge is 0.314 e. The molecule has 3 amide bonds. The van der Waals surface area contributed by atoms with E-state index in [4.69, 9.17) is 11.5 Å². The van der Waals surface area contributed by atoms with Gasteiger partial charge in [-0.25, -0.2) is 4.79 Å². The van der Waals surface area contributed by atoms with E-state index < -0.39 is 0 Å². The first kappa shape index (κ1) is 11.8. The number of nitrogens with zero attached hydrogens (tertiary/aromatic N) is 1. The SMILES string of the molecule is NC(=O)CNC1CCCN(C(N)=O)CC1. The molecule has 0 bridgehead atoms. The lowest BCUT2D eigenvalue weighted by Crippen LogP contribution is -2.39. The van der Waals surface area contributed by atoms with E-state index in [1.165, 1.54) is 0 Å². The highest BCUT2D eigenvalue weighted by Crippen LogP contribution is 2.10. The molecule has 5 N–H and O–H groups in total. The maximum atomic E-state index is 10.9. The van der Waals surface area contributed by atoms with Crippen molar-refractivity contribution in [1.82, 2.24) is 10.2 Å². The zero-order chi connectivity index (χ0) is 11.3. The minimum atomic E-state index is -0.370. The van der Waals surface area contributed by atoms with Gasteiger partial charge in [0.1, 0.15) is 0 Å². The van der Waals surface area contributed by atoms with Crippen LogP contribution in [0.1, 0.15) is 19.3 Å². The van der Waals surface area contributed by atoms with Gasteiger partial charge in [0, 0.05) is 19.1 Å². The normalized spacial score (nSPS) is 22.1. The van der Waals surface area contributed by atoms with E-state index >= 15 is 0 Å². The summed E-state index contributed by atoms with van der Waals surface area (Å²) in [6.45, 7) is 1.54. The maximum Gasteiger partial charge on any atom is 0.314 e. The average Bonchev–Trinajstić information content (AvgIpc) is 2.39. The van der Waals surface area contributed by atoms with Crippen LogP contribution < -0.4 is 16.8 Å². The van der Waals surface area contributed by atoms with Gasteiger partial charge in [0.2, 0.25) is 5.91 Å². The van der Waals surface area contributed by atoms with Crippen molar-refractivity contribution in [2.24, 2.45) is 11.5 Å². The number of nitrogens with two attached hydrogens (primary N) is 2. The Morgan fingerprint density at radius 2 is 2.00 bits per heavy atom. The predicted molar refractivity (Wildman–Crippen MR) is 56.0 cm³/mol. The van der Waals surface area contributed by atoms with Crippen LogP contribution in [0.4, 0.5) is 4.79 Å².